The SMILES string of the molecule is CCC1(CNc2nc(-c3cc(F)ncc3Cl)ccc2F)CCOCC1. The molecular weight excluding hydrogens is 348 g/mol. The Balaban J connectivity index is 1.83. The minimum atomic E-state index is -0.660. The van der Waals surface area contributed by atoms with Gasteiger partial charge >= 0.3 is 0 Å². The molecule has 134 valence electrons. The molecule has 0 saturated carbocycles. The van der Waals surface area contributed by atoms with Crippen molar-refractivity contribution in [3.05, 3.63) is 41.2 Å². The molecule has 7 heteroatoms. The zero-order chi connectivity index (χ0) is 17.9. The Labute approximate surface area is 150 Å². The average Bonchev–Trinajstić information content (AvgIpc) is 2.64. The summed E-state index contributed by atoms with van der Waals surface area (Å²) in [5.41, 5.74) is 0.851. The van der Waals surface area contributed by atoms with Crippen molar-refractivity contribution in [1.82, 2.24) is 9.97 Å². The summed E-state index contributed by atoms with van der Waals surface area (Å²) in [6, 6.07) is 3.98. The molecule has 0 aliphatic carbocycles. The third-order valence-electron chi connectivity index (χ3n) is 4.88. The molecule has 1 aliphatic rings. The number of anilines is 1. The van der Waals surface area contributed by atoms with Crippen LogP contribution in [0.25, 0.3) is 11.3 Å². The maximum Gasteiger partial charge on any atom is 0.213 e. The lowest BCUT2D eigenvalue weighted by Crippen LogP contribution is -2.35. The van der Waals surface area contributed by atoms with E-state index in [0.29, 0.717) is 17.8 Å². The molecule has 0 radical (unpaired) electrons. The summed E-state index contributed by atoms with van der Waals surface area (Å²) < 4.78 is 33.0. The largest absolute Gasteiger partial charge is 0.381 e. The smallest absolute Gasteiger partial charge is 0.213 e. The fraction of sp³-hybridized carbons (Fsp3) is 0.444. The van der Waals surface area contributed by atoms with Crippen LogP contribution in [0, 0.1) is 17.2 Å². The Morgan fingerprint density at radius 3 is 2.76 bits per heavy atom. The summed E-state index contributed by atoms with van der Waals surface area (Å²) in [4.78, 5) is 7.79. The molecular formula is C18H20ClF2N3O. The van der Waals surface area contributed by atoms with E-state index in [1.165, 1.54) is 24.4 Å². The van der Waals surface area contributed by atoms with Gasteiger partial charge in [0.15, 0.2) is 11.6 Å². The zero-order valence-electron chi connectivity index (χ0n) is 14.0. The number of pyridine rings is 2. The van der Waals surface area contributed by atoms with E-state index in [2.05, 4.69) is 22.2 Å². The summed E-state index contributed by atoms with van der Waals surface area (Å²) >= 11 is 6.07. The summed E-state index contributed by atoms with van der Waals surface area (Å²) in [6.45, 7) is 4.18. The zero-order valence-corrected chi connectivity index (χ0v) is 14.7. The van der Waals surface area contributed by atoms with Gasteiger partial charge in [-0.15, -0.1) is 0 Å². The average molecular weight is 368 g/mol. The highest BCUT2D eigenvalue weighted by Gasteiger charge is 2.31. The van der Waals surface area contributed by atoms with E-state index in [4.69, 9.17) is 16.3 Å². The molecule has 0 atom stereocenters. The third kappa shape index (κ3) is 4.07. The molecule has 1 aliphatic heterocycles. The standard InChI is InChI=1S/C18H20ClF2N3O/c1-2-18(5-7-25-8-6-18)11-23-17-14(20)3-4-15(24-17)12-9-16(21)22-10-13(12)19/h3-4,9-10H,2,5-8,11H2,1H3,(H,23,24). The number of ether oxygens (including phenoxy) is 1. The van der Waals surface area contributed by atoms with Gasteiger partial charge in [-0.25, -0.2) is 14.4 Å². The lowest BCUT2D eigenvalue weighted by Gasteiger charge is -2.36. The van der Waals surface area contributed by atoms with Crippen LogP contribution >= 0.6 is 11.6 Å². The van der Waals surface area contributed by atoms with E-state index in [1.807, 2.05) is 0 Å². The van der Waals surface area contributed by atoms with Crippen molar-refractivity contribution in [2.24, 2.45) is 5.41 Å². The van der Waals surface area contributed by atoms with Gasteiger partial charge < -0.3 is 10.1 Å². The number of halogens is 3. The highest BCUT2D eigenvalue weighted by molar-refractivity contribution is 6.33. The van der Waals surface area contributed by atoms with Gasteiger partial charge in [-0.1, -0.05) is 18.5 Å². The molecule has 1 N–H and O–H groups in total. The summed E-state index contributed by atoms with van der Waals surface area (Å²) in [6.07, 6.45) is 4.06. The van der Waals surface area contributed by atoms with Crippen molar-refractivity contribution in [2.45, 2.75) is 26.2 Å². The maximum absolute atomic E-state index is 14.2. The quantitative estimate of drug-likeness (QED) is 0.778. The van der Waals surface area contributed by atoms with Crippen LogP contribution in [0.1, 0.15) is 26.2 Å². The summed E-state index contributed by atoms with van der Waals surface area (Å²) in [7, 11) is 0. The van der Waals surface area contributed by atoms with E-state index in [0.717, 1.165) is 32.5 Å². The number of nitrogens with one attached hydrogen (secondary N) is 1. The minimum absolute atomic E-state index is 0.0722. The van der Waals surface area contributed by atoms with E-state index >= 15 is 0 Å². The van der Waals surface area contributed by atoms with E-state index in [-0.39, 0.29) is 16.3 Å². The van der Waals surface area contributed by atoms with Gasteiger partial charge in [-0.05, 0) is 36.8 Å². The summed E-state index contributed by atoms with van der Waals surface area (Å²) in [5.74, 6) is -0.968. The van der Waals surface area contributed by atoms with Crippen LogP contribution in [0.3, 0.4) is 0 Å². The van der Waals surface area contributed by atoms with Crippen molar-refractivity contribution in [1.29, 1.82) is 0 Å². The second kappa shape index (κ2) is 7.62. The van der Waals surface area contributed by atoms with E-state index in [9.17, 15) is 8.78 Å². The van der Waals surface area contributed by atoms with Gasteiger partial charge in [0.2, 0.25) is 5.95 Å². The van der Waals surface area contributed by atoms with Gasteiger partial charge in [0.05, 0.1) is 10.7 Å². The maximum atomic E-state index is 14.2. The molecule has 0 unspecified atom stereocenters. The van der Waals surface area contributed by atoms with Crippen LogP contribution in [0.4, 0.5) is 14.6 Å². The van der Waals surface area contributed by atoms with Gasteiger partial charge in [-0.2, -0.15) is 4.39 Å². The second-order valence-electron chi connectivity index (χ2n) is 6.33. The second-order valence-corrected chi connectivity index (χ2v) is 6.74. The predicted octanol–water partition coefficient (Wildman–Crippen LogP) is 4.69. The van der Waals surface area contributed by atoms with Crippen LogP contribution in [-0.4, -0.2) is 29.7 Å². The Morgan fingerprint density at radius 1 is 1.28 bits per heavy atom. The lowest BCUT2D eigenvalue weighted by molar-refractivity contribution is 0.0191. The fourth-order valence-corrected chi connectivity index (χ4v) is 3.26. The molecule has 0 bridgehead atoms. The number of aromatic nitrogens is 2. The molecule has 0 aromatic carbocycles. The van der Waals surface area contributed by atoms with Gasteiger partial charge in [-0.3, -0.25) is 0 Å². The Hall–Kier alpha value is -1.79. The molecule has 4 nitrogen and oxygen atoms in total. The molecule has 0 amide bonds. The van der Waals surface area contributed by atoms with Crippen LogP contribution in [0.15, 0.2) is 24.4 Å². The molecule has 25 heavy (non-hydrogen) atoms. The molecule has 2 aromatic heterocycles. The molecule has 3 heterocycles. The molecule has 1 fully saturated rings. The number of hydrogen-bond acceptors (Lipinski definition) is 4. The lowest BCUT2D eigenvalue weighted by atomic mass is 9.78. The van der Waals surface area contributed by atoms with Crippen LogP contribution < -0.4 is 5.32 Å². The third-order valence-corrected chi connectivity index (χ3v) is 5.18. The molecule has 3 rings (SSSR count). The first-order valence-electron chi connectivity index (χ1n) is 8.32. The van der Waals surface area contributed by atoms with Crippen molar-refractivity contribution < 1.29 is 13.5 Å². The highest BCUT2D eigenvalue weighted by Crippen LogP contribution is 2.34. The summed E-state index contributed by atoms with van der Waals surface area (Å²) in [5, 5.41) is 3.39. The van der Waals surface area contributed by atoms with Crippen molar-refractivity contribution in [2.75, 3.05) is 25.1 Å². The van der Waals surface area contributed by atoms with Crippen molar-refractivity contribution >= 4 is 17.4 Å². The van der Waals surface area contributed by atoms with Gasteiger partial charge in [0, 0.05) is 37.6 Å². The van der Waals surface area contributed by atoms with Crippen molar-refractivity contribution in [3.8, 4) is 11.3 Å². The topological polar surface area (TPSA) is 47.0 Å². The molecule has 2 aromatic rings. The van der Waals surface area contributed by atoms with Crippen molar-refractivity contribution in [3.63, 3.8) is 0 Å². The number of hydrogen-bond donors (Lipinski definition) is 1. The van der Waals surface area contributed by atoms with Gasteiger partial charge in [0.1, 0.15) is 0 Å². The van der Waals surface area contributed by atoms with Crippen LogP contribution in [0.5, 0.6) is 0 Å². The van der Waals surface area contributed by atoms with Gasteiger partial charge in [0.25, 0.3) is 0 Å². The highest BCUT2D eigenvalue weighted by atomic mass is 35.5. The Bertz CT molecular complexity index is 751. The fourth-order valence-electron chi connectivity index (χ4n) is 3.06. The normalized spacial score (nSPS) is 16.6. The Kier molecular flexibility index (Phi) is 5.49. The first kappa shape index (κ1) is 18.0. The first-order chi connectivity index (χ1) is 12.0. The van der Waals surface area contributed by atoms with E-state index in [1.54, 1.807) is 0 Å². The number of rotatable bonds is 5. The first-order valence-corrected chi connectivity index (χ1v) is 8.70. The Morgan fingerprint density at radius 2 is 2.04 bits per heavy atom. The van der Waals surface area contributed by atoms with Crippen LogP contribution in [0.2, 0.25) is 5.02 Å². The monoisotopic (exact) mass is 367 g/mol. The van der Waals surface area contributed by atoms with E-state index < -0.39 is 11.8 Å². The minimum Gasteiger partial charge on any atom is -0.381 e. The number of nitrogens with zero attached hydrogens (tertiary/aromatic N) is 2. The molecule has 0 spiro atoms. The van der Waals surface area contributed by atoms with Crippen LogP contribution in [-0.2, 0) is 4.74 Å². The predicted molar refractivity (Wildman–Crippen MR) is 93.7 cm³/mol. The molecule has 1 saturated heterocycles.